The lowest BCUT2D eigenvalue weighted by atomic mass is 10.1. The van der Waals surface area contributed by atoms with Gasteiger partial charge in [0.15, 0.2) is 6.29 Å². The number of aromatic nitrogens is 1. The zero-order valence-electron chi connectivity index (χ0n) is 6.77. The summed E-state index contributed by atoms with van der Waals surface area (Å²) in [6, 6.07) is 5.15. The minimum Gasteiger partial charge on any atom is -0.506 e. The highest BCUT2D eigenvalue weighted by atomic mass is 16.3. The molecule has 0 atom stereocenters. The molecule has 13 heavy (non-hydrogen) atoms. The van der Waals surface area contributed by atoms with Crippen LogP contribution in [0.2, 0.25) is 0 Å². The molecule has 0 fully saturated rings. The molecule has 0 amide bonds. The molecule has 1 aromatic heterocycles. The second-order valence-electron chi connectivity index (χ2n) is 2.72. The number of carbonyl (C=O) groups is 1. The number of aromatic hydroxyl groups is 1. The summed E-state index contributed by atoms with van der Waals surface area (Å²) >= 11 is 0. The number of carbonyl (C=O) groups excluding carboxylic acids is 1. The predicted molar refractivity (Wildman–Crippen MR) is 48.8 cm³/mol. The van der Waals surface area contributed by atoms with Gasteiger partial charge in [0.1, 0.15) is 5.75 Å². The van der Waals surface area contributed by atoms with Crippen LogP contribution in [0, 0.1) is 0 Å². The van der Waals surface area contributed by atoms with Gasteiger partial charge in [0.2, 0.25) is 0 Å². The van der Waals surface area contributed by atoms with Crippen LogP contribution in [0.1, 0.15) is 10.4 Å². The van der Waals surface area contributed by atoms with E-state index in [1.807, 2.05) is 0 Å². The smallest absolute Gasteiger partial charge is 0.153 e. The first-order chi connectivity index (χ1) is 6.33. The molecule has 1 N–H and O–H groups in total. The lowest BCUT2D eigenvalue weighted by Crippen LogP contribution is -1.83. The molecule has 0 aliphatic carbocycles. The summed E-state index contributed by atoms with van der Waals surface area (Å²) in [5.41, 5.74) is 0.292. The summed E-state index contributed by atoms with van der Waals surface area (Å²) in [6.45, 7) is 0. The van der Waals surface area contributed by atoms with Gasteiger partial charge in [-0.3, -0.25) is 9.78 Å². The molecule has 0 bridgehead atoms. The number of phenols is 1. The number of hydrogen-bond acceptors (Lipinski definition) is 3. The third-order valence-electron chi connectivity index (χ3n) is 1.95. The molecule has 0 saturated heterocycles. The van der Waals surface area contributed by atoms with Gasteiger partial charge in [-0.1, -0.05) is 6.07 Å². The van der Waals surface area contributed by atoms with Gasteiger partial charge in [-0.05, 0) is 17.5 Å². The number of pyridine rings is 1. The molecule has 1 heterocycles. The average molecular weight is 173 g/mol. The van der Waals surface area contributed by atoms with Crippen LogP contribution < -0.4 is 0 Å². The van der Waals surface area contributed by atoms with E-state index in [1.165, 1.54) is 6.20 Å². The van der Waals surface area contributed by atoms with Crippen molar-refractivity contribution in [2.24, 2.45) is 0 Å². The van der Waals surface area contributed by atoms with Gasteiger partial charge in [0.05, 0.1) is 5.56 Å². The molecule has 2 rings (SSSR count). The zero-order chi connectivity index (χ0) is 9.26. The highest BCUT2D eigenvalue weighted by molar-refractivity contribution is 5.95. The van der Waals surface area contributed by atoms with Gasteiger partial charge in [-0.15, -0.1) is 0 Å². The van der Waals surface area contributed by atoms with Crippen LogP contribution >= 0.6 is 0 Å². The van der Waals surface area contributed by atoms with E-state index in [0.29, 0.717) is 17.2 Å². The van der Waals surface area contributed by atoms with Crippen molar-refractivity contribution in [2.45, 2.75) is 0 Å². The second-order valence-corrected chi connectivity index (χ2v) is 2.72. The minimum atomic E-state index is 0.000556. The number of aldehydes is 1. The quantitative estimate of drug-likeness (QED) is 0.668. The van der Waals surface area contributed by atoms with Gasteiger partial charge >= 0.3 is 0 Å². The van der Waals surface area contributed by atoms with E-state index in [9.17, 15) is 9.90 Å². The summed E-state index contributed by atoms with van der Waals surface area (Å²) in [4.78, 5) is 14.4. The van der Waals surface area contributed by atoms with E-state index in [-0.39, 0.29) is 5.75 Å². The Balaban J connectivity index is 2.86. The van der Waals surface area contributed by atoms with E-state index in [4.69, 9.17) is 0 Å². The number of phenolic OH excluding ortho intramolecular Hbond substituents is 1. The SMILES string of the molecule is O=Cc1ccc2ccncc2c1O. The molecular weight excluding hydrogens is 166 g/mol. The highest BCUT2D eigenvalue weighted by Crippen LogP contribution is 2.26. The summed E-state index contributed by atoms with van der Waals surface area (Å²) in [5.74, 6) is 0.000556. The molecule has 0 aliphatic heterocycles. The lowest BCUT2D eigenvalue weighted by Gasteiger charge is -2.01. The fourth-order valence-electron chi connectivity index (χ4n) is 1.26. The van der Waals surface area contributed by atoms with Gasteiger partial charge in [-0.2, -0.15) is 0 Å². The van der Waals surface area contributed by atoms with E-state index in [1.54, 1.807) is 24.4 Å². The van der Waals surface area contributed by atoms with Crippen LogP contribution in [0.25, 0.3) is 10.8 Å². The minimum absolute atomic E-state index is 0.000556. The third kappa shape index (κ3) is 1.14. The molecule has 0 aliphatic rings. The third-order valence-corrected chi connectivity index (χ3v) is 1.95. The van der Waals surface area contributed by atoms with Gasteiger partial charge in [-0.25, -0.2) is 0 Å². The molecule has 0 spiro atoms. The normalized spacial score (nSPS) is 10.2. The van der Waals surface area contributed by atoms with Crippen molar-refractivity contribution in [1.29, 1.82) is 0 Å². The van der Waals surface area contributed by atoms with Crippen molar-refractivity contribution in [2.75, 3.05) is 0 Å². The summed E-state index contributed by atoms with van der Waals surface area (Å²) in [7, 11) is 0. The molecular formula is C10H7NO2. The van der Waals surface area contributed by atoms with Crippen LogP contribution in [0.5, 0.6) is 5.75 Å². The fourth-order valence-corrected chi connectivity index (χ4v) is 1.26. The van der Waals surface area contributed by atoms with Crippen molar-refractivity contribution in [3.63, 3.8) is 0 Å². The van der Waals surface area contributed by atoms with Crippen LogP contribution in [0.4, 0.5) is 0 Å². The molecule has 3 nitrogen and oxygen atoms in total. The van der Waals surface area contributed by atoms with Gasteiger partial charge in [0, 0.05) is 17.8 Å². The van der Waals surface area contributed by atoms with Crippen molar-refractivity contribution >= 4 is 17.1 Å². The lowest BCUT2D eigenvalue weighted by molar-refractivity contribution is 0.112. The Morgan fingerprint density at radius 1 is 1.31 bits per heavy atom. The predicted octanol–water partition coefficient (Wildman–Crippen LogP) is 1.75. The molecule has 0 unspecified atom stereocenters. The fraction of sp³-hybridized carbons (Fsp3) is 0. The number of benzene rings is 1. The first-order valence-corrected chi connectivity index (χ1v) is 3.84. The first kappa shape index (κ1) is 7.73. The van der Waals surface area contributed by atoms with Gasteiger partial charge < -0.3 is 5.11 Å². The maximum atomic E-state index is 10.5. The molecule has 0 radical (unpaired) electrons. The van der Waals surface area contributed by atoms with Crippen molar-refractivity contribution in [3.05, 3.63) is 36.2 Å². The molecule has 64 valence electrons. The second kappa shape index (κ2) is 2.86. The Kier molecular flexibility index (Phi) is 1.70. The van der Waals surface area contributed by atoms with E-state index in [2.05, 4.69) is 4.98 Å². The Morgan fingerprint density at radius 2 is 2.15 bits per heavy atom. The first-order valence-electron chi connectivity index (χ1n) is 3.84. The van der Waals surface area contributed by atoms with E-state index >= 15 is 0 Å². The number of fused-ring (bicyclic) bond motifs is 1. The number of hydrogen-bond donors (Lipinski definition) is 1. The Hall–Kier alpha value is -1.90. The zero-order valence-corrected chi connectivity index (χ0v) is 6.77. The van der Waals surface area contributed by atoms with Crippen LogP contribution in [-0.4, -0.2) is 16.4 Å². The van der Waals surface area contributed by atoms with Crippen molar-refractivity contribution < 1.29 is 9.90 Å². The average Bonchev–Trinajstić information content (AvgIpc) is 2.19. The highest BCUT2D eigenvalue weighted by Gasteiger charge is 2.04. The molecule has 2 aromatic rings. The molecule has 0 saturated carbocycles. The Labute approximate surface area is 74.7 Å². The van der Waals surface area contributed by atoms with E-state index in [0.717, 1.165) is 5.39 Å². The maximum absolute atomic E-state index is 10.5. The Bertz CT molecular complexity index is 465. The van der Waals surface area contributed by atoms with Crippen molar-refractivity contribution in [1.82, 2.24) is 4.98 Å². The van der Waals surface area contributed by atoms with Crippen LogP contribution in [0.3, 0.4) is 0 Å². The maximum Gasteiger partial charge on any atom is 0.153 e. The molecule has 3 heteroatoms. The summed E-state index contributed by atoms with van der Waals surface area (Å²) in [6.07, 6.45) is 3.81. The Morgan fingerprint density at radius 3 is 2.92 bits per heavy atom. The van der Waals surface area contributed by atoms with Crippen molar-refractivity contribution in [3.8, 4) is 5.75 Å². The molecule has 1 aromatic carbocycles. The monoisotopic (exact) mass is 173 g/mol. The van der Waals surface area contributed by atoms with Gasteiger partial charge in [0.25, 0.3) is 0 Å². The van der Waals surface area contributed by atoms with E-state index < -0.39 is 0 Å². The number of rotatable bonds is 1. The van der Waals surface area contributed by atoms with Crippen LogP contribution in [0.15, 0.2) is 30.6 Å². The number of nitrogens with zero attached hydrogens (tertiary/aromatic N) is 1. The largest absolute Gasteiger partial charge is 0.506 e. The van der Waals surface area contributed by atoms with Crippen LogP contribution in [-0.2, 0) is 0 Å². The summed E-state index contributed by atoms with van der Waals surface area (Å²) in [5, 5.41) is 11.1. The topological polar surface area (TPSA) is 50.2 Å². The summed E-state index contributed by atoms with van der Waals surface area (Å²) < 4.78 is 0. The standard InChI is InChI=1S/C10H7NO2/c12-6-8-2-1-7-3-4-11-5-9(7)10(8)13/h1-6,13H.